The fourth-order valence-electron chi connectivity index (χ4n) is 3.80. The minimum atomic E-state index is -1.07. The van der Waals surface area contributed by atoms with Crippen molar-refractivity contribution in [2.45, 2.75) is 57.7 Å². The van der Waals surface area contributed by atoms with Crippen LogP contribution in [-0.4, -0.2) is 66.1 Å². The van der Waals surface area contributed by atoms with Gasteiger partial charge in [0.15, 0.2) is 0 Å². The van der Waals surface area contributed by atoms with E-state index >= 15 is 0 Å². The average molecular weight is 402 g/mol. The SMILES string of the molecule is CN=Cc1c(N2CCC(N(C(=O)OC(C)(C)C)C3CC3)C2)ccc(C(=O)O)c1N. The van der Waals surface area contributed by atoms with E-state index in [9.17, 15) is 14.7 Å². The number of anilines is 2. The quantitative estimate of drug-likeness (QED) is 0.579. The highest BCUT2D eigenvalue weighted by Gasteiger charge is 2.42. The van der Waals surface area contributed by atoms with E-state index in [0.29, 0.717) is 12.1 Å². The predicted octanol–water partition coefficient (Wildman–Crippen LogP) is 2.99. The van der Waals surface area contributed by atoms with E-state index in [1.807, 2.05) is 25.7 Å². The van der Waals surface area contributed by atoms with Gasteiger partial charge in [-0.05, 0) is 52.2 Å². The smallest absolute Gasteiger partial charge is 0.410 e. The topological polar surface area (TPSA) is 108 Å². The first-order valence-electron chi connectivity index (χ1n) is 9.96. The summed E-state index contributed by atoms with van der Waals surface area (Å²) >= 11 is 0. The molecule has 1 atom stereocenters. The molecule has 1 unspecified atom stereocenters. The Balaban J connectivity index is 1.84. The second-order valence-electron chi connectivity index (χ2n) is 8.66. The number of aromatic carboxylic acids is 1. The van der Waals surface area contributed by atoms with Gasteiger partial charge in [0.05, 0.1) is 17.3 Å². The van der Waals surface area contributed by atoms with Crippen LogP contribution >= 0.6 is 0 Å². The molecule has 1 aromatic carbocycles. The van der Waals surface area contributed by atoms with Gasteiger partial charge >= 0.3 is 12.1 Å². The standard InChI is InChI=1S/C21H30N4O4/c1-21(2,3)29-20(28)25(13-5-6-13)14-9-10-24(12-14)17-8-7-15(19(26)27)18(22)16(17)11-23-4/h7-8,11,13-14H,5-6,9-10,12,22H2,1-4H3,(H,26,27). The summed E-state index contributed by atoms with van der Waals surface area (Å²) in [5, 5.41) is 9.36. The molecule has 29 heavy (non-hydrogen) atoms. The average Bonchev–Trinajstić information content (AvgIpc) is 3.31. The first kappa shape index (κ1) is 21.0. The first-order chi connectivity index (χ1) is 13.6. The maximum atomic E-state index is 12.8. The molecular formula is C21H30N4O4. The fraction of sp³-hybridized carbons (Fsp3) is 0.571. The van der Waals surface area contributed by atoms with Crippen LogP contribution in [0.1, 0.15) is 56.0 Å². The van der Waals surface area contributed by atoms with Gasteiger partial charge in [-0.1, -0.05) is 0 Å². The third kappa shape index (κ3) is 4.63. The molecule has 0 aromatic heterocycles. The van der Waals surface area contributed by atoms with Gasteiger partial charge in [-0.2, -0.15) is 0 Å². The van der Waals surface area contributed by atoms with Crippen LogP contribution in [0, 0.1) is 0 Å². The Morgan fingerprint density at radius 2 is 1.97 bits per heavy atom. The van der Waals surface area contributed by atoms with Crippen LogP contribution in [0.4, 0.5) is 16.2 Å². The maximum Gasteiger partial charge on any atom is 0.410 e. The number of nitrogens with two attached hydrogens (primary N) is 1. The van der Waals surface area contributed by atoms with Crippen molar-refractivity contribution in [1.82, 2.24) is 4.90 Å². The van der Waals surface area contributed by atoms with Crippen molar-refractivity contribution < 1.29 is 19.4 Å². The number of aliphatic imine (C=N–C) groups is 1. The largest absolute Gasteiger partial charge is 0.478 e. The number of amides is 1. The van der Waals surface area contributed by atoms with Crippen molar-refractivity contribution in [3.05, 3.63) is 23.3 Å². The van der Waals surface area contributed by atoms with Crippen molar-refractivity contribution in [1.29, 1.82) is 0 Å². The van der Waals surface area contributed by atoms with Gasteiger partial charge < -0.3 is 25.4 Å². The highest BCUT2D eigenvalue weighted by molar-refractivity contribution is 6.03. The molecule has 3 N–H and O–H groups in total. The highest BCUT2D eigenvalue weighted by Crippen LogP contribution is 2.36. The van der Waals surface area contributed by atoms with Gasteiger partial charge in [-0.25, -0.2) is 9.59 Å². The first-order valence-corrected chi connectivity index (χ1v) is 9.96. The third-order valence-corrected chi connectivity index (χ3v) is 5.19. The zero-order chi connectivity index (χ0) is 21.3. The number of carbonyl (C=O) groups excluding carboxylic acids is 1. The molecule has 8 nitrogen and oxygen atoms in total. The van der Waals surface area contributed by atoms with Crippen LogP contribution < -0.4 is 10.6 Å². The number of carbonyl (C=O) groups is 2. The number of nitrogen functional groups attached to an aromatic ring is 1. The summed E-state index contributed by atoms with van der Waals surface area (Å²) in [5.41, 5.74) is 7.29. The second kappa shape index (κ2) is 7.93. The monoisotopic (exact) mass is 402 g/mol. The molecule has 0 spiro atoms. The Bertz CT molecular complexity index is 827. The number of ether oxygens (including phenoxy) is 1. The lowest BCUT2D eigenvalue weighted by Crippen LogP contribution is -2.46. The van der Waals surface area contributed by atoms with E-state index in [1.54, 1.807) is 19.3 Å². The van der Waals surface area contributed by atoms with Crippen LogP contribution in [0.3, 0.4) is 0 Å². The highest BCUT2D eigenvalue weighted by atomic mass is 16.6. The summed E-state index contributed by atoms with van der Waals surface area (Å²) in [6.45, 7) is 7.01. The summed E-state index contributed by atoms with van der Waals surface area (Å²) in [6.07, 6.45) is 4.16. The van der Waals surface area contributed by atoms with Crippen molar-refractivity contribution in [2.75, 3.05) is 30.8 Å². The van der Waals surface area contributed by atoms with Gasteiger partial charge in [-0.3, -0.25) is 4.99 Å². The Hall–Kier alpha value is -2.77. The number of benzene rings is 1. The molecule has 158 valence electrons. The molecule has 1 aromatic rings. The molecular weight excluding hydrogens is 372 g/mol. The minimum Gasteiger partial charge on any atom is -0.478 e. The number of hydrogen-bond acceptors (Lipinski definition) is 6. The molecule has 1 heterocycles. The van der Waals surface area contributed by atoms with E-state index in [4.69, 9.17) is 10.5 Å². The molecule has 1 aliphatic carbocycles. The molecule has 8 heteroatoms. The number of nitrogens with zero attached hydrogens (tertiary/aromatic N) is 3. The Labute approximate surface area is 171 Å². The number of rotatable bonds is 5. The van der Waals surface area contributed by atoms with Gasteiger partial charge in [0.25, 0.3) is 0 Å². The van der Waals surface area contributed by atoms with Crippen molar-refractivity contribution >= 4 is 29.7 Å². The summed E-state index contributed by atoms with van der Waals surface area (Å²) in [5.74, 6) is -1.07. The van der Waals surface area contributed by atoms with Gasteiger partial charge in [0.1, 0.15) is 5.60 Å². The lowest BCUT2D eigenvalue weighted by Gasteiger charge is -2.32. The molecule has 3 rings (SSSR count). The van der Waals surface area contributed by atoms with Crippen LogP contribution in [0.2, 0.25) is 0 Å². The van der Waals surface area contributed by atoms with Crippen molar-refractivity contribution in [2.24, 2.45) is 4.99 Å². The molecule has 0 radical (unpaired) electrons. The second-order valence-corrected chi connectivity index (χ2v) is 8.66. The third-order valence-electron chi connectivity index (χ3n) is 5.19. The van der Waals surface area contributed by atoms with Gasteiger partial charge in [0.2, 0.25) is 0 Å². The maximum absolute atomic E-state index is 12.8. The zero-order valence-electron chi connectivity index (χ0n) is 17.5. The van der Waals surface area contributed by atoms with Crippen LogP contribution in [-0.2, 0) is 4.74 Å². The molecule has 2 fully saturated rings. The summed E-state index contributed by atoms with van der Waals surface area (Å²) in [4.78, 5) is 32.3. The van der Waals surface area contributed by atoms with E-state index in [2.05, 4.69) is 9.89 Å². The van der Waals surface area contributed by atoms with Crippen LogP contribution in [0.15, 0.2) is 17.1 Å². The predicted molar refractivity (Wildman–Crippen MR) is 113 cm³/mol. The minimum absolute atomic E-state index is 0.0455. The molecule has 1 saturated heterocycles. The van der Waals surface area contributed by atoms with E-state index < -0.39 is 11.6 Å². The Morgan fingerprint density at radius 3 is 2.52 bits per heavy atom. The van der Waals surface area contributed by atoms with Crippen LogP contribution in [0.25, 0.3) is 0 Å². The molecule has 1 aliphatic heterocycles. The molecule has 1 saturated carbocycles. The van der Waals surface area contributed by atoms with Gasteiger partial charge in [-0.15, -0.1) is 0 Å². The molecule has 2 aliphatic rings. The number of carboxylic acids is 1. The molecule has 0 bridgehead atoms. The number of hydrogen-bond donors (Lipinski definition) is 2. The Kier molecular flexibility index (Phi) is 5.73. The van der Waals surface area contributed by atoms with E-state index in [-0.39, 0.29) is 29.4 Å². The van der Waals surface area contributed by atoms with E-state index in [0.717, 1.165) is 31.5 Å². The Morgan fingerprint density at radius 1 is 1.28 bits per heavy atom. The summed E-state index contributed by atoms with van der Waals surface area (Å²) in [6, 6.07) is 3.59. The lowest BCUT2D eigenvalue weighted by molar-refractivity contribution is 0.0158. The lowest BCUT2D eigenvalue weighted by atomic mass is 10.0. The van der Waals surface area contributed by atoms with Crippen molar-refractivity contribution in [3.63, 3.8) is 0 Å². The van der Waals surface area contributed by atoms with Gasteiger partial charge in [0, 0.05) is 43.6 Å². The normalized spacial score (nSPS) is 19.6. The van der Waals surface area contributed by atoms with E-state index in [1.165, 1.54) is 6.07 Å². The summed E-state index contributed by atoms with van der Waals surface area (Å²) in [7, 11) is 1.63. The summed E-state index contributed by atoms with van der Waals surface area (Å²) < 4.78 is 5.64. The van der Waals surface area contributed by atoms with Crippen molar-refractivity contribution in [3.8, 4) is 0 Å². The molecule has 1 amide bonds. The fourth-order valence-corrected chi connectivity index (χ4v) is 3.80. The number of carboxylic acid groups (broad SMARTS) is 1. The zero-order valence-corrected chi connectivity index (χ0v) is 17.5. The van der Waals surface area contributed by atoms with Crippen LogP contribution in [0.5, 0.6) is 0 Å².